The van der Waals surface area contributed by atoms with Crippen LogP contribution in [0.15, 0.2) is 30.3 Å². The number of benzene rings is 1. The molecule has 0 aromatic heterocycles. The van der Waals surface area contributed by atoms with E-state index in [0.29, 0.717) is 0 Å². The van der Waals surface area contributed by atoms with E-state index >= 15 is 0 Å². The molecule has 1 aromatic carbocycles. The maximum atomic E-state index is 9.55. The maximum Gasteiger partial charge on any atom is 0.0540 e. The Hall–Kier alpha value is -0.820. The van der Waals surface area contributed by atoms with E-state index in [4.69, 9.17) is 0 Å². The molecule has 1 N–H and O–H groups in total. The topological polar surface area (TPSA) is 20.2 Å². The predicted molar refractivity (Wildman–Crippen MR) is 64.9 cm³/mol. The number of hydrogen-bond acceptors (Lipinski definition) is 1. The van der Waals surface area contributed by atoms with Gasteiger partial charge in [0.2, 0.25) is 0 Å². The van der Waals surface area contributed by atoms with Gasteiger partial charge in [0.15, 0.2) is 0 Å². The van der Waals surface area contributed by atoms with Crippen molar-refractivity contribution >= 4 is 0 Å². The summed E-state index contributed by atoms with van der Waals surface area (Å²) in [5.74, 6) is 0. The molecule has 0 saturated heterocycles. The lowest BCUT2D eigenvalue weighted by atomic mass is 10.0. The van der Waals surface area contributed by atoms with Crippen LogP contribution >= 0.6 is 0 Å². The van der Waals surface area contributed by atoms with Gasteiger partial charge in [-0.15, -0.1) is 0 Å². The molecule has 15 heavy (non-hydrogen) atoms. The van der Waals surface area contributed by atoms with E-state index < -0.39 is 0 Å². The fourth-order valence-corrected chi connectivity index (χ4v) is 1.83. The predicted octanol–water partition coefficient (Wildman–Crippen LogP) is 3.56. The Kier molecular flexibility index (Phi) is 6.10. The minimum absolute atomic E-state index is 0.0780. The quantitative estimate of drug-likeness (QED) is 0.676. The molecule has 1 unspecified atom stereocenters. The third-order valence-electron chi connectivity index (χ3n) is 2.72. The zero-order valence-corrected chi connectivity index (χ0v) is 9.65. The molecule has 0 fully saturated rings. The molecule has 0 bridgehead atoms. The van der Waals surface area contributed by atoms with Gasteiger partial charge in [0, 0.05) is 0 Å². The van der Waals surface area contributed by atoms with Crippen LogP contribution in [0.1, 0.15) is 44.6 Å². The molecule has 1 nitrogen and oxygen atoms in total. The summed E-state index contributed by atoms with van der Waals surface area (Å²) >= 11 is 0. The number of hydrogen-bond donors (Lipinski definition) is 1. The van der Waals surface area contributed by atoms with Crippen LogP contribution in [0.25, 0.3) is 0 Å². The SMILES string of the molecule is CCCC(O)CCCCc1ccccc1. The highest BCUT2D eigenvalue weighted by molar-refractivity contribution is 5.14. The number of rotatable bonds is 7. The van der Waals surface area contributed by atoms with E-state index in [0.717, 1.165) is 32.1 Å². The normalized spacial score (nSPS) is 12.7. The van der Waals surface area contributed by atoms with Crippen LogP contribution < -0.4 is 0 Å². The Morgan fingerprint density at radius 2 is 1.80 bits per heavy atom. The number of aliphatic hydroxyl groups is 1. The van der Waals surface area contributed by atoms with E-state index in [-0.39, 0.29) is 6.10 Å². The van der Waals surface area contributed by atoms with Crippen LogP contribution in [0.3, 0.4) is 0 Å². The molecule has 0 aliphatic rings. The lowest BCUT2D eigenvalue weighted by Gasteiger charge is -2.08. The molecule has 0 aliphatic heterocycles. The Labute approximate surface area is 93.1 Å². The fraction of sp³-hybridized carbons (Fsp3) is 0.571. The molecule has 1 aromatic rings. The first kappa shape index (κ1) is 12.3. The molecule has 1 atom stereocenters. The third-order valence-corrected chi connectivity index (χ3v) is 2.72. The van der Waals surface area contributed by atoms with Gasteiger partial charge in [0.05, 0.1) is 6.10 Å². The first-order valence-corrected chi connectivity index (χ1v) is 6.05. The van der Waals surface area contributed by atoms with Crippen LogP contribution in [-0.2, 0) is 6.42 Å². The van der Waals surface area contributed by atoms with Crippen molar-refractivity contribution < 1.29 is 5.11 Å². The summed E-state index contributed by atoms with van der Waals surface area (Å²) in [6, 6.07) is 10.6. The number of aliphatic hydroxyl groups excluding tert-OH is 1. The average Bonchev–Trinajstić information content (AvgIpc) is 2.26. The van der Waals surface area contributed by atoms with Crippen LogP contribution in [0, 0.1) is 0 Å². The average molecular weight is 206 g/mol. The second-order valence-corrected chi connectivity index (χ2v) is 4.17. The van der Waals surface area contributed by atoms with Crippen LogP contribution in [0.5, 0.6) is 0 Å². The lowest BCUT2D eigenvalue weighted by Crippen LogP contribution is -2.05. The molecule has 1 heteroatoms. The molecule has 84 valence electrons. The van der Waals surface area contributed by atoms with Gasteiger partial charge in [-0.1, -0.05) is 50.1 Å². The third kappa shape index (κ3) is 5.58. The summed E-state index contributed by atoms with van der Waals surface area (Å²) in [5, 5.41) is 9.55. The Morgan fingerprint density at radius 3 is 2.47 bits per heavy atom. The summed E-state index contributed by atoms with van der Waals surface area (Å²) < 4.78 is 0. The van der Waals surface area contributed by atoms with Crippen LogP contribution in [0.4, 0.5) is 0 Å². The molecule has 0 heterocycles. The van der Waals surface area contributed by atoms with Gasteiger partial charge in [0.1, 0.15) is 0 Å². The van der Waals surface area contributed by atoms with E-state index in [1.807, 2.05) is 0 Å². The zero-order valence-electron chi connectivity index (χ0n) is 9.65. The summed E-state index contributed by atoms with van der Waals surface area (Å²) in [7, 11) is 0. The highest BCUT2D eigenvalue weighted by atomic mass is 16.3. The van der Waals surface area contributed by atoms with E-state index in [1.165, 1.54) is 12.0 Å². The van der Waals surface area contributed by atoms with Gasteiger partial charge in [-0.3, -0.25) is 0 Å². The summed E-state index contributed by atoms with van der Waals surface area (Å²) in [6.07, 6.45) is 6.37. The molecular weight excluding hydrogens is 184 g/mol. The fourth-order valence-electron chi connectivity index (χ4n) is 1.83. The standard InChI is InChI=1S/C14H22O/c1-2-8-14(15)12-7-6-11-13-9-4-3-5-10-13/h3-5,9-10,14-15H,2,6-8,11-12H2,1H3. The maximum absolute atomic E-state index is 9.55. The molecule has 0 saturated carbocycles. The minimum atomic E-state index is -0.0780. The smallest absolute Gasteiger partial charge is 0.0540 e. The monoisotopic (exact) mass is 206 g/mol. The highest BCUT2D eigenvalue weighted by Crippen LogP contribution is 2.10. The second-order valence-electron chi connectivity index (χ2n) is 4.17. The second kappa shape index (κ2) is 7.47. The van der Waals surface area contributed by atoms with Crippen molar-refractivity contribution in [3.8, 4) is 0 Å². The summed E-state index contributed by atoms with van der Waals surface area (Å²) in [4.78, 5) is 0. The van der Waals surface area contributed by atoms with E-state index in [1.54, 1.807) is 0 Å². The number of unbranched alkanes of at least 4 members (excludes halogenated alkanes) is 1. The van der Waals surface area contributed by atoms with Crippen molar-refractivity contribution in [1.29, 1.82) is 0 Å². The molecule has 0 aliphatic carbocycles. The summed E-state index contributed by atoms with van der Waals surface area (Å²) in [5.41, 5.74) is 1.41. The molecule has 1 rings (SSSR count). The van der Waals surface area contributed by atoms with Gasteiger partial charge in [0.25, 0.3) is 0 Å². The van der Waals surface area contributed by atoms with Gasteiger partial charge >= 0.3 is 0 Å². The van der Waals surface area contributed by atoms with Gasteiger partial charge in [-0.25, -0.2) is 0 Å². The van der Waals surface area contributed by atoms with Crippen LogP contribution in [0.2, 0.25) is 0 Å². The van der Waals surface area contributed by atoms with Crippen molar-refractivity contribution in [2.24, 2.45) is 0 Å². The van der Waals surface area contributed by atoms with Crippen LogP contribution in [-0.4, -0.2) is 11.2 Å². The largest absolute Gasteiger partial charge is 0.393 e. The van der Waals surface area contributed by atoms with Crippen molar-refractivity contribution in [2.45, 2.75) is 51.6 Å². The van der Waals surface area contributed by atoms with Crippen molar-refractivity contribution in [1.82, 2.24) is 0 Å². The Bertz CT molecular complexity index is 243. The molecule has 0 spiro atoms. The first-order valence-electron chi connectivity index (χ1n) is 6.05. The Balaban J connectivity index is 2.07. The van der Waals surface area contributed by atoms with Gasteiger partial charge in [-0.05, 0) is 31.2 Å². The van der Waals surface area contributed by atoms with Crippen molar-refractivity contribution in [3.63, 3.8) is 0 Å². The summed E-state index contributed by atoms with van der Waals surface area (Å²) in [6.45, 7) is 2.12. The van der Waals surface area contributed by atoms with Crippen molar-refractivity contribution in [2.75, 3.05) is 0 Å². The van der Waals surface area contributed by atoms with E-state index in [2.05, 4.69) is 37.3 Å². The lowest BCUT2D eigenvalue weighted by molar-refractivity contribution is 0.150. The molecule has 0 amide bonds. The van der Waals surface area contributed by atoms with E-state index in [9.17, 15) is 5.11 Å². The molecule has 0 radical (unpaired) electrons. The van der Waals surface area contributed by atoms with Gasteiger partial charge < -0.3 is 5.11 Å². The highest BCUT2D eigenvalue weighted by Gasteiger charge is 2.01. The number of aryl methyl sites for hydroxylation is 1. The first-order chi connectivity index (χ1) is 7.33. The minimum Gasteiger partial charge on any atom is -0.393 e. The zero-order chi connectivity index (χ0) is 10.9. The Morgan fingerprint density at radius 1 is 1.07 bits per heavy atom. The van der Waals surface area contributed by atoms with Crippen molar-refractivity contribution in [3.05, 3.63) is 35.9 Å². The van der Waals surface area contributed by atoms with Gasteiger partial charge in [-0.2, -0.15) is 0 Å². The molecular formula is C14H22O.